The average Bonchev–Trinajstić information content (AvgIpc) is 3.15. The predicted octanol–water partition coefficient (Wildman–Crippen LogP) is 0.737. The summed E-state index contributed by atoms with van der Waals surface area (Å²) in [5, 5.41) is 19.8. The molecule has 0 saturated carbocycles. The first kappa shape index (κ1) is 21.4. The second kappa shape index (κ2) is 8.04. The van der Waals surface area contributed by atoms with Gasteiger partial charge in [0.05, 0.1) is 24.6 Å². The molecule has 2 atom stereocenters. The fourth-order valence-electron chi connectivity index (χ4n) is 4.58. The van der Waals surface area contributed by atoms with Gasteiger partial charge in [-0.2, -0.15) is 0 Å². The molecule has 11 nitrogen and oxygen atoms in total. The number of piperidine rings is 1. The van der Waals surface area contributed by atoms with Crippen LogP contribution in [0.15, 0.2) is 12.7 Å². The van der Waals surface area contributed by atoms with Crippen LogP contribution in [0.25, 0.3) is 11.2 Å². The molecule has 4 rings (SSSR count). The second-order valence-corrected chi connectivity index (χ2v) is 8.76. The Morgan fingerprint density at radius 2 is 2.00 bits per heavy atom. The van der Waals surface area contributed by atoms with E-state index in [2.05, 4.69) is 15.0 Å². The third-order valence-corrected chi connectivity index (χ3v) is 6.49. The number of hydrogen-bond donors (Lipinski definition) is 3. The van der Waals surface area contributed by atoms with Crippen molar-refractivity contribution in [1.29, 1.82) is 0 Å². The number of imidazole rings is 1. The molecule has 0 aromatic carbocycles. The van der Waals surface area contributed by atoms with Crippen molar-refractivity contribution in [3.63, 3.8) is 0 Å². The Bertz CT molecular complexity index is 982. The zero-order chi connectivity index (χ0) is 22.2. The third-order valence-electron chi connectivity index (χ3n) is 6.49. The minimum absolute atomic E-state index is 0.00365. The summed E-state index contributed by atoms with van der Waals surface area (Å²) in [6.45, 7) is 2.98. The van der Waals surface area contributed by atoms with Gasteiger partial charge in [-0.1, -0.05) is 0 Å². The number of nitrogens with two attached hydrogens (primary N) is 1. The van der Waals surface area contributed by atoms with Crippen LogP contribution in [0, 0.1) is 0 Å². The van der Waals surface area contributed by atoms with Crippen molar-refractivity contribution in [2.75, 3.05) is 25.4 Å². The highest BCUT2D eigenvalue weighted by molar-refractivity contribution is 5.81. The van der Waals surface area contributed by atoms with Crippen molar-refractivity contribution in [2.24, 2.45) is 0 Å². The number of nitrogens with zero attached hydrogens (tertiary/aromatic N) is 5. The van der Waals surface area contributed by atoms with Crippen LogP contribution in [-0.2, 0) is 14.3 Å². The van der Waals surface area contributed by atoms with Gasteiger partial charge >= 0.3 is 5.97 Å². The van der Waals surface area contributed by atoms with Gasteiger partial charge in [-0.15, -0.1) is 0 Å². The molecular formula is C20H28N6O5. The van der Waals surface area contributed by atoms with E-state index in [1.54, 1.807) is 18.2 Å². The first-order chi connectivity index (χ1) is 14.7. The smallest absolute Gasteiger partial charge is 0.303 e. The molecule has 2 aliphatic rings. The number of hydrogen-bond acceptors (Lipinski definition) is 8. The summed E-state index contributed by atoms with van der Waals surface area (Å²) in [5.74, 6) is -0.624. The topological polar surface area (TPSA) is 157 Å². The minimum Gasteiger partial charge on any atom is -0.481 e. The van der Waals surface area contributed by atoms with E-state index in [1.165, 1.54) is 6.33 Å². The summed E-state index contributed by atoms with van der Waals surface area (Å²) in [5.41, 5.74) is 5.40. The third kappa shape index (κ3) is 4.19. The van der Waals surface area contributed by atoms with Crippen molar-refractivity contribution in [1.82, 2.24) is 24.4 Å². The Kier molecular flexibility index (Phi) is 5.56. The van der Waals surface area contributed by atoms with Crippen molar-refractivity contribution < 1.29 is 24.5 Å². The number of anilines is 1. The Labute approximate surface area is 179 Å². The molecule has 4 N–H and O–H groups in total. The lowest BCUT2D eigenvalue weighted by atomic mass is 9.77. The number of likely N-dealkylation sites (tertiary alicyclic amines) is 1. The van der Waals surface area contributed by atoms with Crippen LogP contribution in [0.4, 0.5) is 5.82 Å². The molecule has 168 valence electrons. The Hall–Kier alpha value is -2.79. The number of rotatable bonds is 5. The van der Waals surface area contributed by atoms with E-state index in [0.29, 0.717) is 55.8 Å². The summed E-state index contributed by atoms with van der Waals surface area (Å²) in [4.78, 5) is 37.5. The number of nitrogen functional groups attached to an aromatic ring is 1. The highest BCUT2D eigenvalue weighted by atomic mass is 16.5. The summed E-state index contributed by atoms with van der Waals surface area (Å²) in [6.07, 6.45) is 5.44. The zero-order valence-corrected chi connectivity index (χ0v) is 17.5. The first-order valence-electron chi connectivity index (χ1n) is 10.5. The van der Waals surface area contributed by atoms with E-state index >= 15 is 0 Å². The molecule has 2 aromatic heterocycles. The van der Waals surface area contributed by atoms with E-state index < -0.39 is 17.2 Å². The van der Waals surface area contributed by atoms with Gasteiger partial charge < -0.3 is 30.2 Å². The van der Waals surface area contributed by atoms with Gasteiger partial charge in [0.2, 0.25) is 5.91 Å². The zero-order valence-electron chi connectivity index (χ0n) is 17.5. The number of aliphatic carboxylic acids is 1. The number of fused-ring (bicyclic) bond motifs is 1. The van der Waals surface area contributed by atoms with Gasteiger partial charge in [-0.25, -0.2) is 15.0 Å². The average molecular weight is 432 g/mol. The molecular weight excluding hydrogens is 404 g/mol. The van der Waals surface area contributed by atoms with Crippen LogP contribution in [-0.4, -0.2) is 77.4 Å². The van der Waals surface area contributed by atoms with Crippen molar-refractivity contribution in [2.45, 2.75) is 62.7 Å². The number of carboxylic acid groups (broad SMARTS) is 1. The van der Waals surface area contributed by atoms with Crippen molar-refractivity contribution in [3.8, 4) is 0 Å². The van der Waals surface area contributed by atoms with E-state index in [0.717, 1.165) is 0 Å². The maximum absolute atomic E-state index is 12.4. The number of amides is 1. The van der Waals surface area contributed by atoms with E-state index in [-0.39, 0.29) is 31.4 Å². The minimum atomic E-state index is -1.12. The summed E-state index contributed by atoms with van der Waals surface area (Å²) >= 11 is 0. The van der Waals surface area contributed by atoms with E-state index in [4.69, 9.17) is 15.6 Å². The van der Waals surface area contributed by atoms with Crippen molar-refractivity contribution >= 4 is 28.9 Å². The molecule has 1 spiro atoms. The molecule has 0 bridgehead atoms. The number of ether oxygens (including phenoxy) is 1. The number of carbonyl (C=O) groups is 2. The standard InChI is InChI=1S/C20H28N6O5/c1-19(30)10-31-20(5-7-25(8-6-20)14(27)3-2-4-15(28)29)9-13(19)26-12-24-16-17(21)22-11-23-18(16)26/h11-13,30H,2-10H2,1H3,(H,28,29)(H2,21,22,23)/t13-,19-/m0/s1. The molecule has 2 saturated heterocycles. The van der Waals surface area contributed by atoms with Gasteiger partial charge in [-0.05, 0) is 26.2 Å². The van der Waals surface area contributed by atoms with Gasteiger partial charge in [0.25, 0.3) is 0 Å². The Morgan fingerprint density at radius 3 is 2.71 bits per heavy atom. The van der Waals surface area contributed by atoms with E-state index in [9.17, 15) is 14.7 Å². The van der Waals surface area contributed by atoms with Gasteiger partial charge in [0.15, 0.2) is 11.5 Å². The first-order valence-corrected chi connectivity index (χ1v) is 10.5. The van der Waals surface area contributed by atoms with Gasteiger partial charge in [0.1, 0.15) is 17.4 Å². The quantitative estimate of drug-likeness (QED) is 0.620. The highest BCUT2D eigenvalue weighted by Crippen LogP contribution is 2.44. The SMILES string of the molecule is C[C@]1(O)COC2(CCN(C(=O)CCCC(=O)O)CC2)C[C@@H]1n1cnc2c(N)ncnc21. The number of aliphatic hydroxyl groups is 1. The van der Waals surface area contributed by atoms with E-state index in [1.807, 2.05) is 4.57 Å². The number of carboxylic acids is 1. The fraction of sp³-hybridized carbons (Fsp3) is 0.650. The molecule has 0 aliphatic carbocycles. The second-order valence-electron chi connectivity index (χ2n) is 8.76. The molecule has 0 radical (unpaired) electrons. The van der Waals surface area contributed by atoms with Crippen molar-refractivity contribution in [3.05, 3.63) is 12.7 Å². The Morgan fingerprint density at radius 1 is 1.26 bits per heavy atom. The highest BCUT2D eigenvalue weighted by Gasteiger charge is 2.49. The van der Waals surface area contributed by atoms with Gasteiger partial charge in [0, 0.05) is 32.4 Å². The summed E-state index contributed by atoms with van der Waals surface area (Å²) in [6, 6.07) is -0.321. The Balaban J connectivity index is 1.47. The normalized spacial score (nSPS) is 25.7. The monoisotopic (exact) mass is 432 g/mol. The largest absolute Gasteiger partial charge is 0.481 e. The lowest BCUT2D eigenvalue weighted by molar-refractivity contribution is -0.201. The summed E-state index contributed by atoms with van der Waals surface area (Å²) in [7, 11) is 0. The lowest BCUT2D eigenvalue weighted by Gasteiger charge is -2.51. The van der Waals surface area contributed by atoms with Crippen LogP contribution in [0.5, 0.6) is 0 Å². The lowest BCUT2D eigenvalue weighted by Crippen LogP contribution is -2.57. The number of aromatic nitrogens is 4. The maximum atomic E-state index is 12.4. The van der Waals surface area contributed by atoms with Crippen LogP contribution in [0.2, 0.25) is 0 Å². The van der Waals surface area contributed by atoms with Crippen LogP contribution in [0.1, 0.15) is 51.5 Å². The molecule has 11 heteroatoms. The maximum Gasteiger partial charge on any atom is 0.303 e. The molecule has 2 fully saturated rings. The molecule has 31 heavy (non-hydrogen) atoms. The molecule has 2 aromatic rings. The van der Waals surface area contributed by atoms with Crippen LogP contribution >= 0.6 is 0 Å². The molecule has 0 unspecified atom stereocenters. The van der Waals surface area contributed by atoms with Gasteiger partial charge in [-0.3, -0.25) is 9.59 Å². The molecule has 1 amide bonds. The molecule has 4 heterocycles. The molecule has 2 aliphatic heterocycles. The van der Waals surface area contributed by atoms with Crippen LogP contribution < -0.4 is 5.73 Å². The predicted molar refractivity (Wildman–Crippen MR) is 110 cm³/mol. The van der Waals surface area contributed by atoms with Crippen LogP contribution in [0.3, 0.4) is 0 Å². The summed E-state index contributed by atoms with van der Waals surface area (Å²) < 4.78 is 8.02. The fourth-order valence-corrected chi connectivity index (χ4v) is 4.58. The number of carbonyl (C=O) groups excluding carboxylic acids is 1.